The minimum atomic E-state index is -1.53. The Labute approximate surface area is 133 Å². The van der Waals surface area contributed by atoms with Crippen molar-refractivity contribution in [3.63, 3.8) is 0 Å². The summed E-state index contributed by atoms with van der Waals surface area (Å²) >= 11 is 0. The first-order chi connectivity index (χ1) is 11.0. The van der Waals surface area contributed by atoms with Gasteiger partial charge in [-0.3, -0.25) is 4.79 Å². The molecule has 23 heavy (non-hydrogen) atoms. The highest BCUT2D eigenvalue weighted by Crippen LogP contribution is 2.43. The zero-order valence-electron chi connectivity index (χ0n) is 12.3. The maximum Gasteiger partial charge on any atom is 0.488 e. The Morgan fingerprint density at radius 1 is 1.09 bits per heavy atom. The van der Waals surface area contributed by atoms with Crippen molar-refractivity contribution in [3.05, 3.63) is 72.6 Å². The van der Waals surface area contributed by atoms with Crippen LogP contribution in [-0.4, -0.2) is 23.1 Å². The maximum absolute atomic E-state index is 13.1. The first-order valence-corrected chi connectivity index (χ1v) is 7.20. The number of nitrogens with zero attached hydrogens (tertiary/aromatic N) is 1. The van der Waals surface area contributed by atoms with Gasteiger partial charge >= 0.3 is 7.12 Å². The molecule has 1 amide bonds. The summed E-state index contributed by atoms with van der Waals surface area (Å²) in [6, 6.07) is 12.2. The van der Waals surface area contributed by atoms with Gasteiger partial charge in [-0.25, -0.2) is 4.39 Å². The normalized spacial score (nSPS) is 20.1. The number of carbonyl (C=O) groups excluding carboxylic acids is 1. The quantitative estimate of drug-likeness (QED) is 0.510. The van der Waals surface area contributed by atoms with Gasteiger partial charge in [0.05, 0.1) is 12.0 Å². The molecule has 0 spiro atoms. The molecule has 1 aliphatic rings. The third-order valence-electron chi connectivity index (χ3n) is 4.08. The summed E-state index contributed by atoms with van der Waals surface area (Å²) in [5, 5.41) is 18.3. The van der Waals surface area contributed by atoms with E-state index in [4.69, 9.17) is 10.0 Å². The molecule has 0 unspecified atom stereocenters. The van der Waals surface area contributed by atoms with Gasteiger partial charge in [-0.2, -0.15) is 0 Å². The summed E-state index contributed by atoms with van der Waals surface area (Å²) in [6.07, 6.45) is 1.60. The van der Waals surface area contributed by atoms with Crippen LogP contribution in [0.2, 0.25) is 0 Å². The van der Waals surface area contributed by atoms with E-state index < -0.39 is 7.12 Å². The number of anilines is 1. The number of β-lactam (4-membered cyclic amide) rings is 1. The molecule has 0 saturated carbocycles. The van der Waals surface area contributed by atoms with Crippen molar-refractivity contribution in [1.29, 1.82) is 0 Å². The smallest absolute Gasteiger partial charge is 0.423 e. The molecule has 4 nitrogen and oxygen atoms in total. The van der Waals surface area contributed by atoms with Crippen LogP contribution >= 0.6 is 0 Å². The average Bonchev–Trinajstić information content (AvgIpc) is 2.55. The zero-order chi connectivity index (χ0) is 16.6. The molecule has 0 bridgehead atoms. The highest BCUT2D eigenvalue weighted by Gasteiger charge is 2.47. The Kier molecular flexibility index (Phi) is 4.02. The maximum atomic E-state index is 13.1. The van der Waals surface area contributed by atoms with Crippen LogP contribution in [0.4, 0.5) is 10.1 Å². The van der Waals surface area contributed by atoms with Crippen LogP contribution in [0.1, 0.15) is 11.6 Å². The summed E-state index contributed by atoms with van der Waals surface area (Å²) in [5.41, 5.74) is 1.84. The summed E-state index contributed by atoms with van der Waals surface area (Å²) in [6.45, 7) is 3.71. The largest absolute Gasteiger partial charge is 0.488 e. The van der Waals surface area contributed by atoms with E-state index >= 15 is 0 Å². The fraction of sp³-hybridized carbons (Fsp3) is 0.118. The lowest BCUT2D eigenvalue weighted by molar-refractivity contribution is -0.128. The van der Waals surface area contributed by atoms with Crippen molar-refractivity contribution in [1.82, 2.24) is 0 Å². The number of halogens is 1. The second kappa shape index (κ2) is 5.99. The summed E-state index contributed by atoms with van der Waals surface area (Å²) in [7, 11) is -1.53. The fourth-order valence-electron chi connectivity index (χ4n) is 2.85. The summed E-state index contributed by atoms with van der Waals surface area (Å²) in [4.78, 5) is 13.9. The molecule has 116 valence electrons. The third-order valence-corrected chi connectivity index (χ3v) is 4.08. The van der Waals surface area contributed by atoms with E-state index in [1.54, 1.807) is 47.4 Å². The van der Waals surface area contributed by atoms with Crippen molar-refractivity contribution in [2.45, 2.75) is 6.04 Å². The van der Waals surface area contributed by atoms with Gasteiger partial charge in [-0.15, -0.1) is 6.58 Å². The van der Waals surface area contributed by atoms with Crippen LogP contribution in [-0.2, 0) is 4.79 Å². The number of rotatable bonds is 4. The molecule has 2 aromatic rings. The fourth-order valence-corrected chi connectivity index (χ4v) is 2.85. The molecule has 1 aliphatic heterocycles. The van der Waals surface area contributed by atoms with Crippen molar-refractivity contribution in [2.75, 3.05) is 4.90 Å². The van der Waals surface area contributed by atoms with E-state index in [1.807, 2.05) is 0 Å². The molecule has 1 heterocycles. The Bertz CT molecular complexity index is 731. The Hall–Kier alpha value is -2.44. The average molecular weight is 311 g/mol. The molecule has 1 saturated heterocycles. The van der Waals surface area contributed by atoms with Gasteiger partial charge < -0.3 is 14.9 Å². The highest BCUT2D eigenvalue weighted by molar-refractivity contribution is 6.58. The number of benzene rings is 2. The molecule has 0 aromatic heterocycles. The molecule has 2 aromatic carbocycles. The zero-order valence-corrected chi connectivity index (χ0v) is 12.3. The van der Waals surface area contributed by atoms with Crippen molar-refractivity contribution >= 4 is 24.2 Å². The number of hydrogen-bond donors (Lipinski definition) is 2. The van der Waals surface area contributed by atoms with Gasteiger partial charge in [-0.1, -0.05) is 30.3 Å². The number of hydrogen-bond acceptors (Lipinski definition) is 3. The van der Waals surface area contributed by atoms with Crippen molar-refractivity contribution in [3.8, 4) is 0 Å². The number of carbonyl (C=O) groups is 1. The first kappa shape index (κ1) is 15.5. The predicted octanol–water partition coefficient (Wildman–Crippen LogP) is 1.40. The van der Waals surface area contributed by atoms with E-state index in [2.05, 4.69) is 6.58 Å². The van der Waals surface area contributed by atoms with Crippen LogP contribution in [0, 0.1) is 11.7 Å². The highest BCUT2D eigenvalue weighted by atomic mass is 19.1. The summed E-state index contributed by atoms with van der Waals surface area (Å²) in [5.74, 6) is -0.812. The standard InChI is InChI=1S/C17H15BFNO3/c1-2-15-16(11-3-5-12(6-4-11)18(22)23)20(17(15)21)14-9-7-13(19)8-10-14/h2-10,15-16,22-23H,1H2/t15-,16-/m0/s1. The van der Waals surface area contributed by atoms with Crippen LogP contribution in [0.25, 0.3) is 0 Å². The topological polar surface area (TPSA) is 60.8 Å². The second-order valence-corrected chi connectivity index (χ2v) is 5.43. The molecule has 1 fully saturated rings. The SMILES string of the molecule is C=C[C@@H]1C(=O)N(c2ccc(F)cc2)[C@H]1c1ccc(B(O)O)cc1. The molecular weight excluding hydrogens is 296 g/mol. The molecule has 0 aliphatic carbocycles. The van der Waals surface area contributed by atoms with E-state index in [9.17, 15) is 9.18 Å². The Balaban J connectivity index is 1.94. The van der Waals surface area contributed by atoms with Crippen LogP contribution in [0.15, 0.2) is 61.2 Å². The van der Waals surface area contributed by atoms with Gasteiger partial charge in [0.2, 0.25) is 5.91 Å². The van der Waals surface area contributed by atoms with Gasteiger partial charge in [0.25, 0.3) is 0 Å². The predicted molar refractivity (Wildman–Crippen MR) is 86.6 cm³/mol. The lowest BCUT2D eigenvalue weighted by Crippen LogP contribution is -2.54. The van der Waals surface area contributed by atoms with E-state index in [0.717, 1.165) is 5.56 Å². The van der Waals surface area contributed by atoms with Gasteiger partial charge in [0.1, 0.15) is 5.82 Å². The van der Waals surface area contributed by atoms with Crippen LogP contribution < -0.4 is 10.4 Å². The minimum absolute atomic E-state index is 0.0946. The molecule has 0 radical (unpaired) electrons. The lowest BCUT2D eigenvalue weighted by Gasteiger charge is -2.46. The lowest BCUT2D eigenvalue weighted by atomic mass is 9.77. The Morgan fingerprint density at radius 2 is 1.70 bits per heavy atom. The molecule has 3 rings (SSSR count). The van der Waals surface area contributed by atoms with Crippen molar-refractivity contribution < 1.29 is 19.2 Å². The monoisotopic (exact) mass is 311 g/mol. The third kappa shape index (κ3) is 2.67. The Morgan fingerprint density at radius 3 is 2.22 bits per heavy atom. The van der Waals surface area contributed by atoms with Crippen LogP contribution in [0.5, 0.6) is 0 Å². The summed E-state index contributed by atoms with van der Waals surface area (Å²) < 4.78 is 13.1. The van der Waals surface area contributed by atoms with Crippen molar-refractivity contribution in [2.24, 2.45) is 5.92 Å². The van der Waals surface area contributed by atoms with E-state index in [0.29, 0.717) is 11.2 Å². The first-order valence-electron chi connectivity index (χ1n) is 7.20. The second-order valence-electron chi connectivity index (χ2n) is 5.43. The van der Waals surface area contributed by atoms with Gasteiger partial charge in [0, 0.05) is 5.69 Å². The van der Waals surface area contributed by atoms with Gasteiger partial charge in [-0.05, 0) is 35.3 Å². The minimum Gasteiger partial charge on any atom is -0.423 e. The van der Waals surface area contributed by atoms with E-state index in [-0.39, 0.29) is 23.7 Å². The number of amides is 1. The van der Waals surface area contributed by atoms with E-state index in [1.165, 1.54) is 12.1 Å². The van der Waals surface area contributed by atoms with Crippen LogP contribution in [0.3, 0.4) is 0 Å². The molecular formula is C17H15BFNO3. The molecule has 6 heteroatoms. The molecule has 2 N–H and O–H groups in total. The molecule has 2 atom stereocenters. The van der Waals surface area contributed by atoms with Gasteiger partial charge in [0.15, 0.2) is 0 Å².